The summed E-state index contributed by atoms with van der Waals surface area (Å²) in [5.74, 6) is 2.15. The molecule has 1 atom stereocenters. The quantitative estimate of drug-likeness (QED) is 0.945. The van der Waals surface area contributed by atoms with Crippen molar-refractivity contribution in [2.24, 2.45) is 5.73 Å². The van der Waals surface area contributed by atoms with Crippen LogP contribution in [0, 0.1) is 0 Å². The standard InChI is InChI=1S/C16H18ClN3O/c1-20(16-5-2-12(17)10-19-16)13-3-4-14-11(9-18)6-7-21-15(14)8-13/h2-5,8,10-11H,6-7,9,18H2,1H3/t11-/m0/s1. The summed E-state index contributed by atoms with van der Waals surface area (Å²) in [6.07, 6.45) is 2.63. The van der Waals surface area contributed by atoms with E-state index in [1.165, 1.54) is 5.56 Å². The maximum Gasteiger partial charge on any atom is 0.132 e. The highest BCUT2D eigenvalue weighted by atomic mass is 35.5. The Bertz CT molecular complexity index is 630. The Morgan fingerprint density at radius 2 is 2.24 bits per heavy atom. The van der Waals surface area contributed by atoms with Gasteiger partial charge in [0.05, 0.1) is 11.6 Å². The summed E-state index contributed by atoms with van der Waals surface area (Å²) in [5, 5.41) is 0.631. The minimum absolute atomic E-state index is 0.391. The van der Waals surface area contributed by atoms with E-state index in [0.717, 1.165) is 30.3 Å². The van der Waals surface area contributed by atoms with Crippen molar-refractivity contribution in [3.63, 3.8) is 0 Å². The maximum atomic E-state index is 5.88. The van der Waals surface area contributed by atoms with Crippen molar-refractivity contribution >= 4 is 23.1 Å². The molecule has 0 fully saturated rings. The molecule has 3 rings (SSSR count). The van der Waals surface area contributed by atoms with Crippen LogP contribution in [0.3, 0.4) is 0 Å². The fraction of sp³-hybridized carbons (Fsp3) is 0.312. The third-order valence-corrected chi connectivity index (χ3v) is 4.11. The van der Waals surface area contributed by atoms with Crippen LogP contribution in [0.15, 0.2) is 36.5 Å². The molecule has 0 spiro atoms. The van der Waals surface area contributed by atoms with E-state index < -0.39 is 0 Å². The molecule has 4 nitrogen and oxygen atoms in total. The topological polar surface area (TPSA) is 51.4 Å². The van der Waals surface area contributed by atoms with E-state index in [4.69, 9.17) is 22.1 Å². The number of pyridine rings is 1. The number of anilines is 2. The Balaban J connectivity index is 1.91. The van der Waals surface area contributed by atoms with E-state index in [2.05, 4.69) is 17.1 Å². The van der Waals surface area contributed by atoms with Crippen LogP contribution < -0.4 is 15.4 Å². The summed E-state index contributed by atoms with van der Waals surface area (Å²) in [7, 11) is 1.97. The summed E-state index contributed by atoms with van der Waals surface area (Å²) in [4.78, 5) is 6.34. The van der Waals surface area contributed by atoms with Gasteiger partial charge in [0, 0.05) is 30.9 Å². The SMILES string of the molecule is CN(c1ccc2c(c1)OCC[C@H]2CN)c1ccc(Cl)cn1. The van der Waals surface area contributed by atoms with Gasteiger partial charge in [0.1, 0.15) is 11.6 Å². The molecule has 0 bridgehead atoms. The average molecular weight is 304 g/mol. The summed E-state index contributed by atoms with van der Waals surface area (Å²) in [6, 6.07) is 9.96. The molecule has 110 valence electrons. The highest BCUT2D eigenvalue weighted by Crippen LogP contribution is 2.36. The highest BCUT2D eigenvalue weighted by molar-refractivity contribution is 6.30. The minimum atomic E-state index is 0.391. The van der Waals surface area contributed by atoms with Gasteiger partial charge in [0.25, 0.3) is 0 Å². The molecule has 1 aliphatic heterocycles. The predicted molar refractivity (Wildman–Crippen MR) is 85.7 cm³/mol. The van der Waals surface area contributed by atoms with Crippen molar-refractivity contribution in [1.82, 2.24) is 4.98 Å². The first-order chi connectivity index (χ1) is 10.2. The third kappa shape index (κ3) is 2.82. The zero-order chi connectivity index (χ0) is 14.8. The molecule has 5 heteroatoms. The zero-order valence-electron chi connectivity index (χ0n) is 11.9. The molecular weight excluding hydrogens is 286 g/mol. The van der Waals surface area contributed by atoms with Gasteiger partial charge in [0.15, 0.2) is 0 Å². The molecule has 0 aliphatic carbocycles. The minimum Gasteiger partial charge on any atom is -0.493 e. The van der Waals surface area contributed by atoms with Crippen molar-refractivity contribution in [2.75, 3.05) is 25.1 Å². The van der Waals surface area contributed by atoms with Crippen LogP contribution in [0.1, 0.15) is 17.9 Å². The van der Waals surface area contributed by atoms with E-state index >= 15 is 0 Å². The van der Waals surface area contributed by atoms with Gasteiger partial charge < -0.3 is 15.4 Å². The second-order valence-corrected chi connectivity index (χ2v) is 5.62. The Labute approximate surface area is 129 Å². The number of nitrogens with two attached hydrogens (primary N) is 1. The second-order valence-electron chi connectivity index (χ2n) is 5.19. The number of hydrogen-bond donors (Lipinski definition) is 1. The zero-order valence-corrected chi connectivity index (χ0v) is 12.7. The molecule has 2 aromatic rings. The predicted octanol–water partition coefficient (Wildman–Crippen LogP) is 3.33. The van der Waals surface area contributed by atoms with Crippen LogP contribution in [-0.4, -0.2) is 25.2 Å². The highest BCUT2D eigenvalue weighted by Gasteiger charge is 2.21. The van der Waals surface area contributed by atoms with Gasteiger partial charge in [-0.05, 0) is 36.7 Å². The van der Waals surface area contributed by atoms with E-state index in [1.807, 2.05) is 30.1 Å². The van der Waals surface area contributed by atoms with E-state index in [1.54, 1.807) is 6.20 Å². The first-order valence-corrected chi connectivity index (χ1v) is 7.39. The number of rotatable bonds is 3. The lowest BCUT2D eigenvalue weighted by Crippen LogP contribution is -2.21. The van der Waals surface area contributed by atoms with E-state index in [0.29, 0.717) is 17.5 Å². The van der Waals surface area contributed by atoms with Crippen molar-refractivity contribution in [3.05, 3.63) is 47.1 Å². The number of halogens is 1. The van der Waals surface area contributed by atoms with Gasteiger partial charge in [-0.25, -0.2) is 4.98 Å². The van der Waals surface area contributed by atoms with Gasteiger partial charge >= 0.3 is 0 Å². The number of ether oxygens (including phenoxy) is 1. The van der Waals surface area contributed by atoms with Gasteiger partial charge in [-0.1, -0.05) is 17.7 Å². The second kappa shape index (κ2) is 5.92. The van der Waals surface area contributed by atoms with E-state index in [9.17, 15) is 0 Å². The Morgan fingerprint density at radius 1 is 1.38 bits per heavy atom. The first-order valence-electron chi connectivity index (χ1n) is 7.01. The molecule has 1 aliphatic rings. The van der Waals surface area contributed by atoms with Gasteiger partial charge in [-0.15, -0.1) is 0 Å². The molecule has 1 aromatic carbocycles. The Morgan fingerprint density at radius 3 is 2.95 bits per heavy atom. The average Bonchev–Trinajstić information content (AvgIpc) is 2.53. The van der Waals surface area contributed by atoms with Crippen LogP contribution in [0.25, 0.3) is 0 Å². The summed E-state index contributed by atoms with van der Waals surface area (Å²) < 4.78 is 5.78. The number of aromatic nitrogens is 1. The molecule has 2 heterocycles. The molecule has 1 aromatic heterocycles. The van der Waals surface area contributed by atoms with E-state index in [-0.39, 0.29) is 0 Å². The Kier molecular flexibility index (Phi) is 3.99. The lowest BCUT2D eigenvalue weighted by atomic mass is 9.93. The molecule has 21 heavy (non-hydrogen) atoms. The number of benzene rings is 1. The number of hydrogen-bond acceptors (Lipinski definition) is 4. The lowest BCUT2D eigenvalue weighted by Gasteiger charge is -2.27. The van der Waals surface area contributed by atoms with Crippen LogP contribution in [0.2, 0.25) is 5.02 Å². The van der Waals surface area contributed by atoms with Crippen LogP contribution in [0.5, 0.6) is 5.75 Å². The summed E-state index contributed by atoms with van der Waals surface area (Å²) in [5.41, 5.74) is 8.06. The normalized spacial score (nSPS) is 17.0. The number of fused-ring (bicyclic) bond motifs is 1. The van der Waals surface area contributed by atoms with Crippen molar-refractivity contribution in [1.29, 1.82) is 0 Å². The largest absolute Gasteiger partial charge is 0.493 e. The fourth-order valence-electron chi connectivity index (χ4n) is 2.60. The molecule has 0 saturated heterocycles. The van der Waals surface area contributed by atoms with Crippen LogP contribution in [-0.2, 0) is 0 Å². The number of nitrogens with zero attached hydrogens (tertiary/aromatic N) is 2. The molecule has 0 unspecified atom stereocenters. The van der Waals surface area contributed by atoms with Crippen molar-refractivity contribution in [3.8, 4) is 5.75 Å². The Hall–Kier alpha value is -1.78. The van der Waals surface area contributed by atoms with Crippen LogP contribution in [0.4, 0.5) is 11.5 Å². The monoisotopic (exact) mass is 303 g/mol. The molecule has 0 amide bonds. The summed E-state index contributed by atoms with van der Waals surface area (Å²) >= 11 is 5.88. The van der Waals surface area contributed by atoms with Crippen LogP contribution >= 0.6 is 11.6 Å². The first kappa shape index (κ1) is 14.2. The van der Waals surface area contributed by atoms with Gasteiger partial charge in [0.2, 0.25) is 0 Å². The van der Waals surface area contributed by atoms with Crippen molar-refractivity contribution < 1.29 is 4.74 Å². The molecule has 0 radical (unpaired) electrons. The fourth-order valence-corrected chi connectivity index (χ4v) is 2.72. The molecule has 0 saturated carbocycles. The maximum absolute atomic E-state index is 5.88. The third-order valence-electron chi connectivity index (χ3n) is 3.89. The van der Waals surface area contributed by atoms with Gasteiger partial charge in [-0.3, -0.25) is 0 Å². The summed E-state index contributed by atoms with van der Waals surface area (Å²) in [6.45, 7) is 1.38. The molecular formula is C16H18ClN3O. The smallest absolute Gasteiger partial charge is 0.132 e. The van der Waals surface area contributed by atoms with Gasteiger partial charge in [-0.2, -0.15) is 0 Å². The lowest BCUT2D eigenvalue weighted by molar-refractivity contribution is 0.269. The van der Waals surface area contributed by atoms with Crippen molar-refractivity contribution in [2.45, 2.75) is 12.3 Å². The molecule has 2 N–H and O–H groups in total.